The van der Waals surface area contributed by atoms with Crippen LogP contribution in [-0.2, 0) is 0 Å². The van der Waals surface area contributed by atoms with Crippen LogP contribution in [0.5, 0.6) is 0 Å². The van der Waals surface area contributed by atoms with Crippen molar-refractivity contribution in [3.8, 4) is 0 Å². The fourth-order valence-corrected chi connectivity index (χ4v) is 4.66. The van der Waals surface area contributed by atoms with Crippen LogP contribution >= 0.6 is 11.3 Å². The van der Waals surface area contributed by atoms with Gasteiger partial charge in [0, 0.05) is 13.1 Å². The largest absolute Gasteiger partial charge is 0.382 e. The normalized spacial score (nSPS) is 15.7. The smallest absolute Gasteiger partial charge is 0.358 e. The first-order valence-corrected chi connectivity index (χ1v) is 9.09. The number of hydrogen-bond acceptors (Lipinski definition) is 6. The van der Waals surface area contributed by atoms with E-state index in [1.165, 1.54) is 24.0 Å². The number of pyridine rings is 1. The Morgan fingerprint density at radius 1 is 1.32 bits per heavy atom. The Morgan fingerprint density at radius 3 is 2.76 bits per heavy atom. The zero-order valence-electron chi connectivity index (χ0n) is 13.7. The first kappa shape index (κ1) is 15.9. The summed E-state index contributed by atoms with van der Waals surface area (Å²) in [4.78, 5) is 33.4. The lowest BCUT2D eigenvalue weighted by molar-refractivity contribution is -0.729. The summed E-state index contributed by atoms with van der Waals surface area (Å²) >= 11 is 1.27. The zero-order valence-corrected chi connectivity index (χ0v) is 14.5. The van der Waals surface area contributed by atoms with Crippen molar-refractivity contribution in [1.29, 1.82) is 0 Å². The van der Waals surface area contributed by atoms with Crippen LogP contribution in [0.1, 0.15) is 38.1 Å². The highest BCUT2D eigenvalue weighted by Crippen LogP contribution is 2.39. The van der Waals surface area contributed by atoms with Gasteiger partial charge >= 0.3 is 5.69 Å². The topological polar surface area (TPSA) is 100 Å². The third-order valence-corrected chi connectivity index (χ3v) is 5.91. The standard InChI is InChI=1S/C16H17N5O3S/c1-17-12-10(21(23)24)7-18-15-11(12)13-14(25-15)16(22)20(8-19-13)9-5-3-2-4-6-9/h7-9H,2-6H2,1H3,(H-,17,18,22,23,24)/p+1. The zero-order chi connectivity index (χ0) is 17.6. The molecule has 0 radical (unpaired) electrons. The highest BCUT2D eigenvalue weighted by molar-refractivity contribution is 7.25. The van der Waals surface area contributed by atoms with Gasteiger partial charge in [-0.3, -0.25) is 9.36 Å². The average Bonchev–Trinajstić information content (AvgIpc) is 3.01. The van der Waals surface area contributed by atoms with Crippen molar-refractivity contribution in [3.05, 3.63) is 27.8 Å². The van der Waals surface area contributed by atoms with Crippen LogP contribution in [0.2, 0.25) is 0 Å². The lowest BCUT2D eigenvalue weighted by Gasteiger charge is -2.23. The van der Waals surface area contributed by atoms with E-state index < -0.39 is 0 Å². The highest BCUT2D eigenvalue weighted by Gasteiger charge is 2.26. The van der Waals surface area contributed by atoms with E-state index in [1.54, 1.807) is 17.9 Å². The summed E-state index contributed by atoms with van der Waals surface area (Å²) in [7, 11) is 1.65. The molecule has 0 saturated heterocycles. The third-order valence-electron chi connectivity index (χ3n) is 4.84. The summed E-state index contributed by atoms with van der Waals surface area (Å²) in [6.07, 6.45) is 8.37. The Bertz CT molecular complexity index is 1040. The van der Waals surface area contributed by atoms with Crippen LogP contribution in [0.15, 0.2) is 17.3 Å². The Balaban J connectivity index is 1.98. The van der Waals surface area contributed by atoms with Gasteiger partial charge in [0.25, 0.3) is 10.5 Å². The van der Waals surface area contributed by atoms with Gasteiger partial charge in [0.2, 0.25) is 0 Å². The van der Waals surface area contributed by atoms with Crippen molar-refractivity contribution in [2.45, 2.75) is 38.1 Å². The van der Waals surface area contributed by atoms with Crippen LogP contribution in [0.25, 0.3) is 20.4 Å². The summed E-state index contributed by atoms with van der Waals surface area (Å²) < 4.78 is 2.27. The lowest BCUT2D eigenvalue weighted by Crippen LogP contribution is -2.26. The second-order valence-corrected chi connectivity index (χ2v) is 7.25. The molecular weight excluding hydrogens is 342 g/mol. The molecule has 0 unspecified atom stereocenters. The fraction of sp³-hybridized carbons (Fsp3) is 0.438. The van der Waals surface area contributed by atoms with Crippen LogP contribution in [0.4, 0.5) is 11.4 Å². The molecule has 4 rings (SSSR count). The molecule has 1 saturated carbocycles. The summed E-state index contributed by atoms with van der Waals surface area (Å²) in [6.45, 7) is 0. The Hall–Kier alpha value is -2.55. The molecule has 0 spiro atoms. The molecule has 0 atom stereocenters. The van der Waals surface area contributed by atoms with E-state index in [0.29, 0.717) is 26.1 Å². The van der Waals surface area contributed by atoms with Crippen LogP contribution in [-0.4, -0.2) is 31.7 Å². The van der Waals surface area contributed by atoms with Gasteiger partial charge in [-0.25, -0.2) is 15.2 Å². The number of anilines is 1. The maximum Gasteiger partial charge on any atom is 0.358 e. The monoisotopic (exact) mass is 360 g/mol. The molecule has 0 aliphatic heterocycles. The van der Waals surface area contributed by atoms with Gasteiger partial charge in [-0.15, -0.1) is 11.3 Å². The Labute approximate surface area is 146 Å². The molecule has 1 fully saturated rings. The highest BCUT2D eigenvalue weighted by atomic mass is 32.1. The number of rotatable bonds is 3. The maximum absolute atomic E-state index is 13.0. The first-order valence-electron chi connectivity index (χ1n) is 8.28. The number of aromatic nitrogens is 3. The summed E-state index contributed by atoms with van der Waals surface area (Å²) in [5.41, 5.74) is 0.855. The predicted octanol–water partition coefficient (Wildman–Crippen LogP) is 3.35. The second kappa shape index (κ2) is 6.07. The van der Waals surface area contributed by atoms with E-state index in [2.05, 4.69) is 15.3 Å². The van der Waals surface area contributed by atoms with Gasteiger partial charge in [-0.05, 0) is 12.8 Å². The molecule has 1 aliphatic rings. The first-order chi connectivity index (χ1) is 12.1. The van der Waals surface area contributed by atoms with Crippen molar-refractivity contribution in [2.24, 2.45) is 0 Å². The minimum atomic E-state index is -0.231. The molecule has 0 amide bonds. The van der Waals surface area contributed by atoms with E-state index >= 15 is 0 Å². The lowest BCUT2D eigenvalue weighted by atomic mass is 9.95. The molecule has 8 nitrogen and oxygen atoms in total. The molecule has 3 aromatic heterocycles. The van der Waals surface area contributed by atoms with Gasteiger partial charge in [-0.1, -0.05) is 19.3 Å². The molecule has 0 aromatic carbocycles. The minimum Gasteiger partial charge on any atom is -0.382 e. The van der Waals surface area contributed by atoms with Crippen LogP contribution < -0.4 is 10.9 Å². The van der Waals surface area contributed by atoms with E-state index in [1.807, 2.05) is 0 Å². The molecule has 0 bridgehead atoms. The molecule has 1 aliphatic carbocycles. The van der Waals surface area contributed by atoms with Gasteiger partial charge in [0.15, 0.2) is 0 Å². The van der Waals surface area contributed by atoms with E-state index in [0.717, 1.165) is 25.7 Å². The molecule has 25 heavy (non-hydrogen) atoms. The van der Waals surface area contributed by atoms with Crippen molar-refractivity contribution in [3.63, 3.8) is 0 Å². The molecule has 3 aromatic rings. The Kier molecular flexibility index (Phi) is 3.87. The minimum absolute atomic E-state index is 0.00652. The summed E-state index contributed by atoms with van der Waals surface area (Å²) in [5.74, 6) is 0. The third kappa shape index (κ3) is 2.46. The fourth-order valence-electron chi connectivity index (χ4n) is 3.61. The summed E-state index contributed by atoms with van der Waals surface area (Å²) in [6, 6.07) is 0.199. The van der Waals surface area contributed by atoms with Crippen molar-refractivity contribution in [2.75, 3.05) is 12.4 Å². The number of nitrogens with zero attached hydrogens (tertiary/aromatic N) is 4. The molecule has 9 heteroatoms. The van der Waals surface area contributed by atoms with Crippen LogP contribution in [0, 0.1) is 4.91 Å². The van der Waals surface area contributed by atoms with E-state index in [4.69, 9.17) is 0 Å². The Morgan fingerprint density at radius 2 is 2.08 bits per heavy atom. The van der Waals surface area contributed by atoms with Gasteiger partial charge in [0.1, 0.15) is 26.9 Å². The maximum atomic E-state index is 13.0. The van der Waals surface area contributed by atoms with Crippen molar-refractivity contribution < 1.29 is 10.1 Å². The second-order valence-electron chi connectivity index (χ2n) is 6.25. The molecule has 130 valence electrons. The van der Waals surface area contributed by atoms with Crippen molar-refractivity contribution >= 4 is 43.1 Å². The van der Waals surface area contributed by atoms with E-state index in [9.17, 15) is 14.9 Å². The number of nitrogens with one attached hydrogen (secondary N) is 1. The molecule has 3 heterocycles. The van der Waals surface area contributed by atoms with Crippen LogP contribution in [0.3, 0.4) is 0 Å². The molecular formula is C16H18N5O3S+. The van der Waals surface area contributed by atoms with Gasteiger partial charge in [-0.2, -0.15) is 0 Å². The number of hydrogen-bond donors (Lipinski definition) is 2. The quantitative estimate of drug-likeness (QED) is 0.695. The average molecular weight is 360 g/mol. The number of fused-ring (bicyclic) bond motifs is 3. The molecule has 2 N–H and O–H groups in total. The SMILES string of the molecule is CNc1c([N+](=O)O)cnc2sc3c(=O)n(C4CCCCC4)cnc3c12. The van der Waals surface area contributed by atoms with Gasteiger partial charge in [0.05, 0.1) is 16.6 Å². The number of thiophene rings is 1. The predicted molar refractivity (Wildman–Crippen MR) is 95.9 cm³/mol. The van der Waals surface area contributed by atoms with Crippen molar-refractivity contribution in [1.82, 2.24) is 14.5 Å². The summed E-state index contributed by atoms with van der Waals surface area (Å²) in [5, 5.41) is 12.8. The van der Waals surface area contributed by atoms with E-state index in [-0.39, 0.29) is 22.2 Å². The van der Waals surface area contributed by atoms with Gasteiger partial charge < -0.3 is 5.32 Å².